The number of unbranched alkanes of at least 4 members (excludes halogenated alkanes) is 1. The van der Waals surface area contributed by atoms with Gasteiger partial charge >= 0.3 is 0 Å². The van der Waals surface area contributed by atoms with Crippen LogP contribution in [0.25, 0.3) is 0 Å². The van der Waals surface area contributed by atoms with E-state index in [0.717, 1.165) is 52.8 Å². The van der Waals surface area contributed by atoms with Crippen molar-refractivity contribution in [1.29, 1.82) is 0 Å². The summed E-state index contributed by atoms with van der Waals surface area (Å²) in [6, 6.07) is 7.54. The van der Waals surface area contributed by atoms with Gasteiger partial charge in [0.1, 0.15) is 11.8 Å². The number of Topliss-reactive ketones (excluding diaryl/α,β-unsaturated/α-hetero) is 1. The van der Waals surface area contributed by atoms with E-state index >= 15 is 0 Å². The summed E-state index contributed by atoms with van der Waals surface area (Å²) in [6.45, 7) is 6.45. The number of fused-ring (bicyclic) bond motifs is 1. The maximum Gasteiger partial charge on any atom is 0.227 e. The van der Waals surface area contributed by atoms with Crippen LogP contribution >= 0.6 is 11.8 Å². The van der Waals surface area contributed by atoms with Gasteiger partial charge in [-0.15, -0.1) is 5.10 Å². The molecule has 0 saturated carbocycles. The molecule has 4 rings (SSSR count). The summed E-state index contributed by atoms with van der Waals surface area (Å²) in [6.07, 6.45) is 3.60. The number of hydrogen-bond acceptors (Lipinski definition) is 6. The second-order valence-electron chi connectivity index (χ2n) is 8.47. The van der Waals surface area contributed by atoms with Gasteiger partial charge in [0.2, 0.25) is 11.1 Å². The molecule has 2 aromatic rings. The Morgan fingerprint density at radius 3 is 2.86 bits per heavy atom. The van der Waals surface area contributed by atoms with Crippen molar-refractivity contribution >= 4 is 23.5 Å². The Labute approximate surface area is 176 Å². The molecule has 0 saturated heterocycles. The van der Waals surface area contributed by atoms with Crippen molar-refractivity contribution in [2.24, 2.45) is 5.41 Å². The summed E-state index contributed by atoms with van der Waals surface area (Å²) in [7, 11) is 1.66. The van der Waals surface area contributed by atoms with Gasteiger partial charge in [0.25, 0.3) is 0 Å². The van der Waals surface area contributed by atoms with Crippen LogP contribution in [0, 0.1) is 5.41 Å². The fourth-order valence-electron chi connectivity index (χ4n) is 4.14. The second kappa shape index (κ2) is 7.86. The number of nitrogens with one attached hydrogen (secondary N) is 1. The highest BCUT2D eigenvalue weighted by Crippen LogP contribution is 2.47. The maximum absolute atomic E-state index is 13.2. The zero-order valence-electron chi connectivity index (χ0n) is 17.5. The number of para-hydroxylation sites is 1. The van der Waals surface area contributed by atoms with Crippen molar-refractivity contribution in [3.63, 3.8) is 0 Å². The molecule has 2 aliphatic rings. The summed E-state index contributed by atoms with van der Waals surface area (Å²) in [5.74, 6) is 2.61. The first-order valence-electron chi connectivity index (χ1n) is 10.2. The number of carbonyl (C=O) groups is 1. The lowest BCUT2D eigenvalue weighted by Gasteiger charge is -2.38. The SMILES string of the molecule is CCCCSc1nc2n(n1)C(c1ccccc1OC)C1=C(CC(C)(C)CC1=O)N2. The van der Waals surface area contributed by atoms with E-state index in [4.69, 9.17) is 14.8 Å². The van der Waals surface area contributed by atoms with Gasteiger partial charge in [-0.2, -0.15) is 4.98 Å². The number of carbonyl (C=O) groups excluding carboxylic acids is 1. The molecule has 0 amide bonds. The lowest BCUT2D eigenvalue weighted by Crippen LogP contribution is -2.36. The van der Waals surface area contributed by atoms with Crippen LogP contribution in [0.3, 0.4) is 0 Å². The zero-order valence-corrected chi connectivity index (χ0v) is 18.3. The normalized spacial score (nSPS) is 20.1. The minimum absolute atomic E-state index is 0.0743. The van der Waals surface area contributed by atoms with Crippen LogP contribution in [0.1, 0.15) is 58.1 Å². The molecule has 0 radical (unpaired) electrons. The van der Waals surface area contributed by atoms with Crippen molar-refractivity contribution in [1.82, 2.24) is 14.8 Å². The number of rotatable bonds is 6. The van der Waals surface area contributed by atoms with Crippen LogP contribution in [0.15, 0.2) is 40.7 Å². The number of hydrogen-bond donors (Lipinski definition) is 1. The summed E-state index contributed by atoms with van der Waals surface area (Å²) in [4.78, 5) is 18.0. The number of nitrogens with zero attached hydrogens (tertiary/aromatic N) is 3. The fraction of sp³-hybridized carbons (Fsp3) is 0.500. The zero-order chi connectivity index (χ0) is 20.6. The highest BCUT2D eigenvalue weighted by atomic mass is 32.2. The number of allylic oxidation sites excluding steroid dienone is 2. The Morgan fingerprint density at radius 1 is 1.31 bits per heavy atom. The molecule has 2 heterocycles. The molecule has 7 heteroatoms. The van der Waals surface area contributed by atoms with Crippen molar-refractivity contribution in [2.45, 2.75) is 57.7 Å². The first-order valence-corrected chi connectivity index (χ1v) is 11.2. The molecule has 1 aromatic carbocycles. The average molecular weight is 413 g/mol. The molecule has 0 spiro atoms. The van der Waals surface area contributed by atoms with Gasteiger partial charge in [-0.05, 0) is 24.3 Å². The molecule has 1 unspecified atom stereocenters. The maximum atomic E-state index is 13.2. The van der Waals surface area contributed by atoms with E-state index in [-0.39, 0.29) is 17.2 Å². The van der Waals surface area contributed by atoms with E-state index in [0.29, 0.717) is 12.4 Å². The fourth-order valence-corrected chi connectivity index (χ4v) is 5.05. The van der Waals surface area contributed by atoms with Crippen molar-refractivity contribution in [3.05, 3.63) is 41.1 Å². The van der Waals surface area contributed by atoms with Gasteiger partial charge < -0.3 is 10.1 Å². The summed E-state index contributed by atoms with van der Waals surface area (Å²) in [5, 5.41) is 8.95. The van der Waals surface area contributed by atoms with Crippen molar-refractivity contribution in [3.8, 4) is 5.75 Å². The van der Waals surface area contributed by atoms with Gasteiger partial charge in [-0.25, -0.2) is 4.68 Å². The Morgan fingerprint density at radius 2 is 2.10 bits per heavy atom. The van der Waals surface area contributed by atoms with E-state index in [1.165, 1.54) is 0 Å². The predicted molar refractivity (Wildman–Crippen MR) is 115 cm³/mol. The van der Waals surface area contributed by atoms with Gasteiger partial charge in [-0.3, -0.25) is 4.79 Å². The third kappa shape index (κ3) is 3.80. The highest BCUT2D eigenvalue weighted by Gasteiger charge is 2.42. The number of thioether (sulfide) groups is 1. The summed E-state index contributed by atoms with van der Waals surface area (Å²) < 4.78 is 7.50. The largest absolute Gasteiger partial charge is 0.496 e. The van der Waals surface area contributed by atoms with Crippen LogP contribution < -0.4 is 10.1 Å². The smallest absolute Gasteiger partial charge is 0.227 e. The Kier molecular flexibility index (Phi) is 5.42. The van der Waals surface area contributed by atoms with Gasteiger partial charge in [0, 0.05) is 29.0 Å². The second-order valence-corrected chi connectivity index (χ2v) is 9.53. The molecule has 1 aromatic heterocycles. The topological polar surface area (TPSA) is 69.0 Å². The first-order chi connectivity index (χ1) is 13.9. The molecule has 29 heavy (non-hydrogen) atoms. The van der Waals surface area contributed by atoms with Crippen LogP contribution in [-0.2, 0) is 4.79 Å². The van der Waals surface area contributed by atoms with Gasteiger partial charge in [-0.1, -0.05) is 57.2 Å². The van der Waals surface area contributed by atoms with Gasteiger partial charge in [0.05, 0.1) is 7.11 Å². The predicted octanol–water partition coefficient (Wildman–Crippen LogP) is 4.84. The molecular weight excluding hydrogens is 384 g/mol. The minimum Gasteiger partial charge on any atom is -0.496 e. The van der Waals surface area contributed by atoms with Crippen LogP contribution in [-0.4, -0.2) is 33.4 Å². The van der Waals surface area contributed by atoms with E-state index in [2.05, 4.69) is 26.1 Å². The molecule has 6 nitrogen and oxygen atoms in total. The quantitative estimate of drug-likeness (QED) is 0.541. The van der Waals surface area contributed by atoms with Crippen LogP contribution in [0.4, 0.5) is 5.95 Å². The average Bonchev–Trinajstić information content (AvgIpc) is 3.08. The van der Waals surface area contributed by atoms with Gasteiger partial charge in [0.15, 0.2) is 5.78 Å². The highest BCUT2D eigenvalue weighted by molar-refractivity contribution is 7.99. The minimum atomic E-state index is -0.325. The van der Waals surface area contributed by atoms with E-state index in [9.17, 15) is 4.79 Å². The number of ether oxygens (including phenoxy) is 1. The lowest BCUT2D eigenvalue weighted by molar-refractivity contribution is -0.118. The molecule has 1 aliphatic carbocycles. The molecule has 0 bridgehead atoms. The Hall–Kier alpha value is -2.28. The third-order valence-electron chi connectivity index (χ3n) is 5.48. The molecular formula is C22H28N4O2S. The first kappa shape index (κ1) is 20.0. The number of methoxy groups -OCH3 is 1. The van der Waals surface area contributed by atoms with Crippen molar-refractivity contribution < 1.29 is 9.53 Å². The number of aromatic nitrogens is 3. The van der Waals surface area contributed by atoms with Crippen molar-refractivity contribution in [2.75, 3.05) is 18.2 Å². The summed E-state index contributed by atoms with van der Waals surface area (Å²) >= 11 is 1.66. The Balaban J connectivity index is 1.83. The Bertz CT molecular complexity index is 963. The number of anilines is 1. The molecule has 1 atom stereocenters. The number of benzene rings is 1. The summed E-state index contributed by atoms with van der Waals surface area (Å²) in [5.41, 5.74) is 2.62. The molecule has 0 fully saturated rings. The standard InChI is InChI=1S/C22H28N4O2S/c1-5-6-11-29-21-24-20-23-15-12-22(2,3)13-16(27)18(15)19(26(20)25-21)14-9-7-8-10-17(14)28-4/h7-10,19H,5-6,11-13H2,1-4H3,(H,23,24,25). The lowest BCUT2D eigenvalue weighted by atomic mass is 9.73. The van der Waals surface area contributed by atoms with E-state index in [1.807, 2.05) is 28.9 Å². The third-order valence-corrected chi connectivity index (χ3v) is 6.40. The van der Waals surface area contributed by atoms with E-state index in [1.54, 1.807) is 18.9 Å². The van der Waals surface area contributed by atoms with Crippen LogP contribution in [0.5, 0.6) is 5.75 Å². The number of ketones is 1. The molecule has 1 N–H and O–H groups in total. The van der Waals surface area contributed by atoms with E-state index < -0.39 is 0 Å². The molecule has 1 aliphatic heterocycles. The monoisotopic (exact) mass is 412 g/mol. The molecule has 154 valence electrons. The van der Waals surface area contributed by atoms with Crippen LogP contribution in [0.2, 0.25) is 0 Å².